The molecule has 0 spiro atoms. The molecule has 0 aromatic carbocycles. The maximum atomic E-state index is 12.5. The van der Waals surface area contributed by atoms with Crippen molar-refractivity contribution >= 4 is 19.8 Å². The van der Waals surface area contributed by atoms with Crippen molar-refractivity contribution in [2.75, 3.05) is 26.4 Å². The Morgan fingerprint density at radius 3 is 1.57 bits per heavy atom. The Hall–Kier alpha value is -2.29. The Bertz CT molecular complexity index is 1020. The number of ether oxygens (including phenoxy) is 2. The third kappa shape index (κ3) is 37.3. The van der Waals surface area contributed by atoms with Gasteiger partial charge in [0.2, 0.25) is 0 Å². The van der Waals surface area contributed by atoms with Crippen LogP contribution in [-0.4, -0.2) is 49.3 Å². The molecule has 0 saturated heterocycles. The van der Waals surface area contributed by atoms with Crippen LogP contribution in [0.3, 0.4) is 0 Å². The van der Waals surface area contributed by atoms with Crippen molar-refractivity contribution in [3.63, 3.8) is 0 Å². The van der Waals surface area contributed by atoms with Gasteiger partial charge in [0.15, 0.2) is 6.10 Å². The number of phosphoric ester groups is 1. The van der Waals surface area contributed by atoms with Crippen LogP contribution in [0.4, 0.5) is 0 Å². The number of nitrogens with two attached hydrogens (primary N) is 1. The maximum Gasteiger partial charge on any atom is 0.472 e. The first kappa shape index (κ1) is 48.7. The molecule has 9 nitrogen and oxygen atoms in total. The molecule has 0 saturated carbocycles. The second kappa shape index (κ2) is 37.5. The molecule has 0 bridgehead atoms. The van der Waals surface area contributed by atoms with Crippen LogP contribution in [-0.2, 0) is 32.7 Å². The summed E-state index contributed by atoms with van der Waals surface area (Å²) in [6, 6.07) is 0. The van der Waals surface area contributed by atoms with E-state index in [1.165, 1.54) is 77.0 Å². The SMILES string of the molecule is CCCCCC/C=C\C/C=C\C/C=C\C/C=C\CCC(=O)OC(COC(=O)CC/C=C\CCCCCCCCCCC)COP(=O)(O)OCCN. The van der Waals surface area contributed by atoms with Crippen LogP contribution in [0.1, 0.15) is 155 Å². The second-order valence-corrected chi connectivity index (χ2v) is 14.2. The van der Waals surface area contributed by atoms with Crippen LogP contribution >= 0.6 is 7.82 Å². The molecule has 0 aromatic rings. The zero-order valence-electron chi connectivity index (χ0n) is 32.1. The molecule has 3 N–H and O–H groups in total. The summed E-state index contributed by atoms with van der Waals surface area (Å²) in [7, 11) is -4.40. The smallest absolute Gasteiger partial charge is 0.462 e. The fourth-order valence-corrected chi connectivity index (χ4v) is 5.72. The minimum Gasteiger partial charge on any atom is -0.462 e. The molecule has 0 radical (unpaired) electrons. The van der Waals surface area contributed by atoms with E-state index in [9.17, 15) is 19.0 Å². The first-order valence-electron chi connectivity index (χ1n) is 19.8. The zero-order valence-corrected chi connectivity index (χ0v) is 33.0. The molecular formula is C41H72NO8P. The Kier molecular flexibility index (Phi) is 35.8. The molecule has 0 rings (SSSR count). The first-order chi connectivity index (χ1) is 24.8. The predicted octanol–water partition coefficient (Wildman–Crippen LogP) is 10.9. The van der Waals surface area contributed by atoms with Gasteiger partial charge in [0.25, 0.3) is 0 Å². The van der Waals surface area contributed by atoms with Gasteiger partial charge in [-0.05, 0) is 57.8 Å². The van der Waals surface area contributed by atoms with Gasteiger partial charge in [-0.3, -0.25) is 18.6 Å². The number of hydrogen-bond acceptors (Lipinski definition) is 8. The van der Waals surface area contributed by atoms with Crippen LogP contribution in [0.2, 0.25) is 0 Å². The van der Waals surface area contributed by atoms with E-state index < -0.39 is 32.5 Å². The number of carbonyl (C=O) groups excluding carboxylic acids is 2. The summed E-state index contributed by atoms with van der Waals surface area (Å²) in [6.45, 7) is 3.56. The van der Waals surface area contributed by atoms with Gasteiger partial charge < -0.3 is 20.1 Å². The standard InChI is InChI=1S/C41H72NO8P/c1-3-5-7-9-11-13-15-17-18-19-20-22-24-26-28-30-32-34-41(44)50-39(38-49-51(45,46)48-36-35-42)37-47-40(43)33-31-29-27-25-23-21-16-14-12-10-8-6-4-2/h13,15,18-19,22,24,27-30,39H,3-12,14,16-17,20-21,23,25-26,31-38,42H2,1-2H3,(H,45,46)/b15-13-,19-18-,24-22-,29-27-,30-28-. The van der Waals surface area contributed by atoms with Gasteiger partial charge in [-0.1, -0.05) is 145 Å². The van der Waals surface area contributed by atoms with Crippen molar-refractivity contribution in [2.45, 2.75) is 161 Å². The summed E-state index contributed by atoms with van der Waals surface area (Å²) in [6.07, 6.45) is 42.8. The molecule has 2 atom stereocenters. The topological polar surface area (TPSA) is 134 Å². The minimum atomic E-state index is -4.40. The van der Waals surface area contributed by atoms with Crippen LogP contribution < -0.4 is 5.73 Å². The first-order valence-corrected chi connectivity index (χ1v) is 21.3. The van der Waals surface area contributed by atoms with E-state index in [2.05, 4.69) is 56.4 Å². The summed E-state index contributed by atoms with van der Waals surface area (Å²) in [5, 5.41) is 0. The normalized spacial score (nSPS) is 14.0. The third-order valence-electron chi connectivity index (χ3n) is 7.90. The quantitative estimate of drug-likeness (QED) is 0.0279. The van der Waals surface area contributed by atoms with Crippen molar-refractivity contribution in [3.05, 3.63) is 60.8 Å². The van der Waals surface area contributed by atoms with E-state index in [1.807, 2.05) is 18.2 Å². The largest absolute Gasteiger partial charge is 0.472 e. The highest BCUT2D eigenvalue weighted by atomic mass is 31.2. The van der Waals surface area contributed by atoms with Gasteiger partial charge in [0.1, 0.15) is 6.61 Å². The van der Waals surface area contributed by atoms with Crippen molar-refractivity contribution in [2.24, 2.45) is 5.73 Å². The lowest BCUT2D eigenvalue weighted by Crippen LogP contribution is -2.29. The Morgan fingerprint density at radius 2 is 1.02 bits per heavy atom. The van der Waals surface area contributed by atoms with Gasteiger partial charge in [-0.25, -0.2) is 4.57 Å². The van der Waals surface area contributed by atoms with Gasteiger partial charge in [-0.15, -0.1) is 0 Å². The number of unbranched alkanes of at least 4 members (excludes halogenated alkanes) is 13. The number of hydrogen-bond donors (Lipinski definition) is 2. The summed E-state index contributed by atoms with van der Waals surface area (Å²) < 4.78 is 32.5. The third-order valence-corrected chi connectivity index (χ3v) is 8.89. The minimum absolute atomic E-state index is 0.0368. The molecule has 51 heavy (non-hydrogen) atoms. The fourth-order valence-electron chi connectivity index (χ4n) is 4.95. The molecule has 0 aliphatic carbocycles. The maximum absolute atomic E-state index is 12.5. The number of carbonyl (C=O) groups is 2. The van der Waals surface area contributed by atoms with E-state index in [4.69, 9.17) is 24.3 Å². The molecule has 294 valence electrons. The number of rotatable bonds is 36. The highest BCUT2D eigenvalue weighted by molar-refractivity contribution is 7.47. The van der Waals surface area contributed by atoms with Gasteiger partial charge in [0, 0.05) is 19.4 Å². The monoisotopic (exact) mass is 737 g/mol. The van der Waals surface area contributed by atoms with Gasteiger partial charge >= 0.3 is 19.8 Å². The highest BCUT2D eigenvalue weighted by Gasteiger charge is 2.25. The molecule has 2 unspecified atom stereocenters. The zero-order chi connectivity index (χ0) is 37.5. The van der Waals surface area contributed by atoms with Gasteiger partial charge in [0.05, 0.1) is 13.2 Å². The lowest BCUT2D eigenvalue weighted by atomic mass is 10.1. The Morgan fingerprint density at radius 1 is 0.588 bits per heavy atom. The van der Waals surface area contributed by atoms with E-state index in [-0.39, 0.29) is 32.6 Å². The van der Waals surface area contributed by atoms with Crippen molar-refractivity contribution in [1.29, 1.82) is 0 Å². The summed E-state index contributed by atoms with van der Waals surface area (Å²) in [4.78, 5) is 34.7. The van der Waals surface area contributed by atoms with Crippen molar-refractivity contribution < 1.29 is 37.6 Å². The molecule has 0 aromatic heterocycles. The van der Waals surface area contributed by atoms with Crippen molar-refractivity contribution in [1.82, 2.24) is 0 Å². The lowest BCUT2D eigenvalue weighted by Gasteiger charge is -2.19. The van der Waals surface area contributed by atoms with E-state index in [0.29, 0.717) is 12.8 Å². The lowest BCUT2D eigenvalue weighted by molar-refractivity contribution is -0.161. The second-order valence-electron chi connectivity index (χ2n) is 12.8. The Balaban J connectivity index is 4.39. The average molecular weight is 738 g/mol. The van der Waals surface area contributed by atoms with Crippen LogP contribution in [0.5, 0.6) is 0 Å². The van der Waals surface area contributed by atoms with Gasteiger partial charge in [-0.2, -0.15) is 0 Å². The highest BCUT2D eigenvalue weighted by Crippen LogP contribution is 2.43. The molecular weight excluding hydrogens is 665 g/mol. The Labute approximate surface area is 310 Å². The number of allylic oxidation sites excluding steroid dienone is 10. The molecule has 0 aliphatic heterocycles. The molecule has 0 fully saturated rings. The van der Waals surface area contributed by atoms with Crippen LogP contribution in [0.25, 0.3) is 0 Å². The molecule has 0 aliphatic rings. The summed E-state index contributed by atoms with van der Waals surface area (Å²) >= 11 is 0. The number of phosphoric acid groups is 1. The average Bonchev–Trinajstić information content (AvgIpc) is 3.11. The molecule has 0 heterocycles. The predicted molar refractivity (Wildman–Crippen MR) is 210 cm³/mol. The van der Waals surface area contributed by atoms with E-state index in [0.717, 1.165) is 38.5 Å². The van der Waals surface area contributed by atoms with Crippen LogP contribution in [0.15, 0.2) is 60.8 Å². The number of esters is 2. The van der Waals surface area contributed by atoms with Crippen molar-refractivity contribution in [3.8, 4) is 0 Å². The molecule has 0 amide bonds. The van der Waals surface area contributed by atoms with E-state index >= 15 is 0 Å². The summed E-state index contributed by atoms with van der Waals surface area (Å²) in [5.41, 5.74) is 5.32. The summed E-state index contributed by atoms with van der Waals surface area (Å²) in [5.74, 6) is -0.984. The van der Waals surface area contributed by atoms with E-state index in [1.54, 1.807) is 0 Å². The molecule has 10 heteroatoms. The van der Waals surface area contributed by atoms with Crippen LogP contribution in [0, 0.1) is 0 Å². The fraction of sp³-hybridized carbons (Fsp3) is 0.707.